The van der Waals surface area contributed by atoms with Gasteiger partial charge in [-0.15, -0.1) is 0 Å². The maximum Gasteiger partial charge on any atom is 0.0636 e. The van der Waals surface area contributed by atoms with Crippen LogP contribution < -0.4 is 5.32 Å². The van der Waals surface area contributed by atoms with Crippen molar-refractivity contribution in [2.24, 2.45) is 5.92 Å². The van der Waals surface area contributed by atoms with Crippen LogP contribution in [0, 0.1) is 5.92 Å². The number of fused-ring (bicyclic) bond motifs is 1. The lowest BCUT2D eigenvalue weighted by molar-refractivity contribution is -0.00712. The minimum Gasteiger partial charge on any atom is -0.301 e. The third kappa shape index (κ3) is 0.775. The highest BCUT2D eigenvalue weighted by molar-refractivity contribution is 4.90. The molecule has 0 aromatic rings. The SMILES string of the molecule is CN1CC2CCCNC21. The fourth-order valence-electron chi connectivity index (χ4n) is 1.99. The van der Waals surface area contributed by atoms with E-state index in [9.17, 15) is 0 Å². The average molecular weight is 126 g/mol. The van der Waals surface area contributed by atoms with Crippen LogP contribution in [-0.2, 0) is 0 Å². The Morgan fingerprint density at radius 1 is 1.56 bits per heavy atom. The summed E-state index contributed by atoms with van der Waals surface area (Å²) in [6.07, 6.45) is 3.57. The van der Waals surface area contributed by atoms with Gasteiger partial charge in [0.2, 0.25) is 0 Å². The molecule has 2 heterocycles. The van der Waals surface area contributed by atoms with E-state index in [-0.39, 0.29) is 0 Å². The molecule has 9 heavy (non-hydrogen) atoms. The van der Waals surface area contributed by atoms with Gasteiger partial charge in [0.25, 0.3) is 0 Å². The van der Waals surface area contributed by atoms with Crippen molar-refractivity contribution in [3.05, 3.63) is 0 Å². The largest absolute Gasteiger partial charge is 0.301 e. The first-order valence-electron chi connectivity index (χ1n) is 3.81. The first kappa shape index (κ1) is 5.69. The van der Waals surface area contributed by atoms with Crippen molar-refractivity contribution in [3.8, 4) is 0 Å². The number of rotatable bonds is 0. The van der Waals surface area contributed by atoms with Gasteiger partial charge in [0.1, 0.15) is 0 Å². The molecule has 2 unspecified atom stereocenters. The molecule has 2 atom stereocenters. The number of nitrogens with one attached hydrogen (secondary N) is 1. The van der Waals surface area contributed by atoms with Crippen LogP contribution in [-0.4, -0.2) is 31.2 Å². The normalized spacial score (nSPS) is 43.7. The molecule has 0 bridgehead atoms. The highest BCUT2D eigenvalue weighted by Crippen LogP contribution is 2.27. The van der Waals surface area contributed by atoms with Crippen LogP contribution in [0.25, 0.3) is 0 Å². The fourth-order valence-corrected chi connectivity index (χ4v) is 1.99. The summed E-state index contributed by atoms with van der Waals surface area (Å²) in [5.74, 6) is 0.976. The number of piperidine rings is 1. The van der Waals surface area contributed by atoms with Gasteiger partial charge >= 0.3 is 0 Å². The molecule has 0 aromatic carbocycles. The zero-order valence-corrected chi connectivity index (χ0v) is 5.93. The van der Waals surface area contributed by atoms with E-state index in [1.807, 2.05) is 0 Å². The third-order valence-corrected chi connectivity index (χ3v) is 2.55. The van der Waals surface area contributed by atoms with E-state index in [2.05, 4.69) is 17.3 Å². The van der Waals surface area contributed by atoms with Gasteiger partial charge in [-0.2, -0.15) is 0 Å². The maximum atomic E-state index is 3.49. The minimum atomic E-state index is 0.735. The Hall–Kier alpha value is -0.0800. The molecule has 2 aliphatic heterocycles. The molecule has 0 spiro atoms. The average Bonchev–Trinajstić information content (AvgIpc) is 1.86. The van der Waals surface area contributed by atoms with Gasteiger partial charge in [0.15, 0.2) is 0 Å². The quantitative estimate of drug-likeness (QED) is 0.501. The molecular weight excluding hydrogens is 112 g/mol. The van der Waals surface area contributed by atoms with Crippen molar-refractivity contribution >= 4 is 0 Å². The predicted octanol–water partition coefficient (Wildman–Crippen LogP) is 0.257. The second-order valence-corrected chi connectivity index (χ2v) is 3.24. The highest BCUT2D eigenvalue weighted by atomic mass is 15.3. The lowest BCUT2D eigenvalue weighted by atomic mass is 9.88. The van der Waals surface area contributed by atoms with Gasteiger partial charge in [0.05, 0.1) is 6.17 Å². The van der Waals surface area contributed by atoms with E-state index >= 15 is 0 Å². The summed E-state index contributed by atoms with van der Waals surface area (Å²) < 4.78 is 0. The molecule has 0 saturated carbocycles. The van der Waals surface area contributed by atoms with Crippen LogP contribution in [0.5, 0.6) is 0 Å². The van der Waals surface area contributed by atoms with Gasteiger partial charge in [0, 0.05) is 12.5 Å². The smallest absolute Gasteiger partial charge is 0.0636 e. The Balaban J connectivity index is 1.94. The van der Waals surface area contributed by atoms with Crippen LogP contribution in [0.4, 0.5) is 0 Å². The van der Waals surface area contributed by atoms with Crippen LogP contribution in [0.1, 0.15) is 12.8 Å². The zero-order chi connectivity index (χ0) is 6.27. The zero-order valence-electron chi connectivity index (χ0n) is 5.93. The molecule has 1 N–H and O–H groups in total. The van der Waals surface area contributed by atoms with E-state index in [1.54, 1.807) is 0 Å². The van der Waals surface area contributed by atoms with Crippen LogP contribution in [0.15, 0.2) is 0 Å². The molecule has 0 radical (unpaired) electrons. The second kappa shape index (κ2) is 1.96. The van der Waals surface area contributed by atoms with Crippen LogP contribution in [0.2, 0.25) is 0 Å². The summed E-state index contributed by atoms with van der Waals surface area (Å²) in [4.78, 5) is 2.39. The highest BCUT2D eigenvalue weighted by Gasteiger charge is 2.37. The third-order valence-electron chi connectivity index (χ3n) is 2.55. The van der Waals surface area contributed by atoms with Crippen molar-refractivity contribution in [1.82, 2.24) is 10.2 Å². The summed E-state index contributed by atoms with van der Waals surface area (Å²) in [7, 11) is 2.19. The molecule has 0 aliphatic carbocycles. The number of hydrogen-bond acceptors (Lipinski definition) is 2. The van der Waals surface area contributed by atoms with Crippen molar-refractivity contribution in [3.63, 3.8) is 0 Å². The van der Waals surface area contributed by atoms with Crippen molar-refractivity contribution in [2.45, 2.75) is 19.0 Å². The van der Waals surface area contributed by atoms with Crippen molar-refractivity contribution in [2.75, 3.05) is 20.1 Å². The molecule has 0 amide bonds. The van der Waals surface area contributed by atoms with E-state index < -0.39 is 0 Å². The second-order valence-electron chi connectivity index (χ2n) is 3.24. The summed E-state index contributed by atoms with van der Waals surface area (Å²) >= 11 is 0. The Bertz CT molecular complexity index is 111. The molecular formula is C7H14N2. The van der Waals surface area contributed by atoms with Gasteiger partial charge < -0.3 is 5.32 Å². The molecule has 0 aromatic heterocycles. The monoisotopic (exact) mass is 126 g/mol. The fraction of sp³-hybridized carbons (Fsp3) is 1.00. The summed E-state index contributed by atoms with van der Waals surface area (Å²) in [5.41, 5.74) is 0. The van der Waals surface area contributed by atoms with Crippen molar-refractivity contribution < 1.29 is 0 Å². The lowest BCUT2D eigenvalue weighted by Gasteiger charge is -2.49. The van der Waals surface area contributed by atoms with Gasteiger partial charge in [-0.05, 0) is 26.4 Å². The molecule has 2 nitrogen and oxygen atoms in total. The Labute approximate surface area is 56.2 Å². The van der Waals surface area contributed by atoms with Crippen LogP contribution >= 0.6 is 0 Å². The van der Waals surface area contributed by atoms with E-state index in [0.29, 0.717) is 0 Å². The van der Waals surface area contributed by atoms with E-state index in [4.69, 9.17) is 0 Å². The van der Waals surface area contributed by atoms with Gasteiger partial charge in [-0.1, -0.05) is 0 Å². The summed E-state index contributed by atoms with van der Waals surface area (Å²) in [6, 6.07) is 0. The van der Waals surface area contributed by atoms with Crippen LogP contribution in [0.3, 0.4) is 0 Å². The van der Waals surface area contributed by atoms with Gasteiger partial charge in [-0.25, -0.2) is 0 Å². The van der Waals surface area contributed by atoms with E-state index in [1.165, 1.54) is 25.9 Å². The molecule has 2 saturated heterocycles. The maximum absolute atomic E-state index is 3.49. The minimum absolute atomic E-state index is 0.735. The predicted molar refractivity (Wildman–Crippen MR) is 37.1 cm³/mol. The number of nitrogens with zero attached hydrogens (tertiary/aromatic N) is 1. The summed E-state index contributed by atoms with van der Waals surface area (Å²) in [5, 5.41) is 3.49. The van der Waals surface area contributed by atoms with Gasteiger partial charge in [-0.3, -0.25) is 4.90 Å². The summed E-state index contributed by atoms with van der Waals surface area (Å²) in [6.45, 7) is 2.54. The van der Waals surface area contributed by atoms with E-state index in [0.717, 1.165) is 12.1 Å². The molecule has 2 aliphatic rings. The molecule has 2 rings (SSSR count). The van der Waals surface area contributed by atoms with Crippen molar-refractivity contribution in [1.29, 1.82) is 0 Å². The Morgan fingerprint density at radius 3 is 3.00 bits per heavy atom. The first-order valence-corrected chi connectivity index (χ1v) is 3.81. The Kier molecular flexibility index (Phi) is 1.24. The standard InChI is InChI=1S/C7H14N2/c1-9-5-6-3-2-4-8-7(6)9/h6-8H,2-5H2,1H3. The molecule has 52 valence electrons. The Morgan fingerprint density at radius 2 is 2.44 bits per heavy atom. The first-order chi connectivity index (χ1) is 4.38. The molecule has 2 fully saturated rings. The number of likely N-dealkylation sites (tertiary alicyclic amines) is 1. The molecule has 2 heteroatoms. The topological polar surface area (TPSA) is 15.3 Å². The lowest BCUT2D eigenvalue weighted by Crippen LogP contribution is -2.63. The number of hydrogen-bond donors (Lipinski definition) is 1.